The summed E-state index contributed by atoms with van der Waals surface area (Å²) in [6.45, 7) is 1.94. The molecule has 0 atom stereocenters. The predicted octanol–water partition coefficient (Wildman–Crippen LogP) is 3.37. The van der Waals surface area contributed by atoms with Crippen LogP contribution in [0.4, 0.5) is 10.1 Å². The van der Waals surface area contributed by atoms with Crippen LogP contribution in [-0.2, 0) is 20.1 Å². The molecular formula is C13H13BrFN3O3. The molecule has 8 heteroatoms. The van der Waals surface area contributed by atoms with Gasteiger partial charge in [0.15, 0.2) is 5.82 Å². The van der Waals surface area contributed by atoms with Gasteiger partial charge in [0.05, 0.1) is 20.8 Å². The van der Waals surface area contributed by atoms with Gasteiger partial charge in [0, 0.05) is 13.1 Å². The quantitative estimate of drug-likeness (QED) is 0.607. The van der Waals surface area contributed by atoms with Crippen molar-refractivity contribution in [1.82, 2.24) is 9.78 Å². The highest BCUT2D eigenvalue weighted by Gasteiger charge is 2.21. The zero-order valence-electron chi connectivity index (χ0n) is 11.5. The van der Waals surface area contributed by atoms with Crippen LogP contribution < -0.4 is 4.74 Å². The van der Waals surface area contributed by atoms with Gasteiger partial charge in [0.1, 0.15) is 6.61 Å². The first-order valence-electron chi connectivity index (χ1n) is 6.21. The minimum absolute atomic E-state index is 0.0220. The smallest absolute Gasteiger partial charge is 0.314 e. The van der Waals surface area contributed by atoms with Crippen LogP contribution in [0.2, 0.25) is 0 Å². The van der Waals surface area contributed by atoms with Crippen LogP contribution in [0.15, 0.2) is 22.7 Å². The Morgan fingerprint density at radius 3 is 2.81 bits per heavy atom. The molecule has 1 aromatic carbocycles. The van der Waals surface area contributed by atoms with Crippen molar-refractivity contribution in [2.75, 3.05) is 0 Å². The van der Waals surface area contributed by atoms with Crippen molar-refractivity contribution < 1.29 is 14.1 Å². The molecule has 112 valence electrons. The van der Waals surface area contributed by atoms with Gasteiger partial charge in [0.25, 0.3) is 0 Å². The lowest BCUT2D eigenvalue weighted by Crippen LogP contribution is -2.06. The summed E-state index contributed by atoms with van der Waals surface area (Å²) in [5, 5.41) is 15.2. The minimum Gasteiger partial charge on any atom is -0.478 e. The van der Waals surface area contributed by atoms with Crippen molar-refractivity contribution in [3.63, 3.8) is 0 Å². The molecule has 0 saturated heterocycles. The molecule has 6 nitrogen and oxygen atoms in total. The Hall–Kier alpha value is -1.96. The van der Waals surface area contributed by atoms with Crippen molar-refractivity contribution in [1.29, 1.82) is 0 Å². The molecule has 0 aliphatic heterocycles. The van der Waals surface area contributed by atoms with E-state index < -0.39 is 16.4 Å². The number of nitro benzene ring substituents is 1. The maximum Gasteiger partial charge on any atom is 0.314 e. The molecule has 0 N–H and O–H groups in total. The highest BCUT2D eigenvalue weighted by Crippen LogP contribution is 2.31. The Balaban J connectivity index is 2.29. The molecule has 0 bridgehead atoms. The van der Waals surface area contributed by atoms with Crippen LogP contribution in [0.25, 0.3) is 0 Å². The van der Waals surface area contributed by atoms with E-state index in [-0.39, 0.29) is 12.4 Å². The average Bonchev–Trinajstić information content (AvgIpc) is 2.72. The molecule has 2 aromatic rings. The van der Waals surface area contributed by atoms with E-state index in [1.807, 2.05) is 6.92 Å². The van der Waals surface area contributed by atoms with Gasteiger partial charge in [-0.25, -0.2) is 4.39 Å². The van der Waals surface area contributed by atoms with Gasteiger partial charge >= 0.3 is 5.69 Å². The molecule has 0 radical (unpaired) electrons. The van der Waals surface area contributed by atoms with Crippen molar-refractivity contribution in [3.8, 4) is 5.75 Å². The van der Waals surface area contributed by atoms with Crippen molar-refractivity contribution in [2.45, 2.75) is 20.0 Å². The van der Waals surface area contributed by atoms with E-state index in [4.69, 9.17) is 4.74 Å². The number of rotatable bonds is 5. The normalized spacial score (nSPS) is 10.7. The molecule has 0 aliphatic rings. The fourth-order valence-electron chi connectivity index (χ4n) is 1.90. The lowest BCUT2D eigenvalue weighted by molar-refractivity contribution is -0.386. The van der Waals surface area contributed by atoms with Crippen LogP contribution in [0.3, 0.4) is 0 Å². The molecule has 1 aromatic heterocycles. The Bertz CT molecular complexity index is 688. The summed E-state index contributed by atoms with van der Waals surface area (Å²) in [6.07, 6.45) is 0.730. The Morgan fingerprint density at radius 1 is 1.52 bits per heavy atom. The first-order chi connectivity index (χ1) is 9.95. The molecule has 0 aliphatic carbocycles. The predicted molar refractivity (Wildman–Crippen MR) is 77.7 cm³/mol. The summed E-state index contributed by atoms with van der Waals surface area (Å²) in [4.78, 5) is 10.2. The highest BCUT2D eigenvalue weighted by molar-refractivity contribution is 9.10. The molecular weight excluding hydrogens is 345 g/mol. The van der Waals surface area contributed by atoms with E-state index in [0.717, 1.165) is 22.7 Å². The van der Waals surface area contributed by atoms with Crippen molar-refractivity contribution >= 4 is 21.6 Å². The van der Waals surface area contributed by atoms with Gasteiger partial charge in [-0.15, -0.1) is 0 Å². The number of aromatic nitrogens is 2. The highest BCUT2D eigenvalue weighted by atomic mass is 79.9. The molecule has 0 spiro atoms. The second kappa shape index (κ2) is 6.21. The number of aryl methyl sites for hydroxylation is 2. The van der Waals surface area contributed by atoms with Crippen LogP contribution in [-0.4, -0.2) is 14.7 Å². The number of nitrogens with zero attached hydrogens (tertiary/aromatic N) is 3. The number of benzene rings is 1. The summed E-state index contributed by atoms with van der Waals surface area (Å²) in [7, 11) is 1.73. The van der Waals surface area contributed by atoms with Gasteiger partial charge in [-0.2, -0.15) is 5.10 Å². The molecule has 0 unspecified atom stereocenters. The summed E-state index contributed by atoms with van der Waals surface area (Å²) in [6, 6.07) is 3.60. The number of ether oxygens (including phenoxy) is 1. The zero-order valence-corrected chi connectivity index (χ0v) is 13.1. The second-order valence-corrected chi connectivity index (χ2v) is 5.11. The molecule has 1 heterocycles. The first-order valence-corrected chi connectivity index (χ1v) is 7.01. The Labute approximate surface area is 128 Å². The first kappa shape index (κ1) is 15.4. The third-order valence-electron chi connectivity index (χ3n) is 3.00. The SMILES string of the molecule is CCc1nn(C)c(COc2c(F)cccc2[N+](=O)[O-])c1Br. The van der Waals surface area contributed by atoms with E-state index in [2.05, 4.69) is 21.0 Å². The monoisotopic (exact) mass is 357 g/mol. The van der Waals surface area contributed by atoms with Gasteiger partial charge < -0.3 is 4.74 Å². The average molecular weight is 358 g/mol. The van der Waals surface area contributed by atoms with E-state index in [1.54, 1.807) is 11.7 Å². The number of para-hydroxylation sites is 1. The van der Waals surface area contributed by atoms with Gasteiger partial charge in [-0.3, -0.25) is 14.8 Å². The van der Waals surface area contributed by atoms with E-state index in [0.29, 0.717) is 5.69 Å². The second-order valence-electron chi connectivity index (χ2n) is 4.32. The standard InChI is InChI=1S/C13H13BrFN3O3/c1-3-9-12(14)11(17(2)16-9)7-21-13-8(15)5-4-6-10(13)18(19)20/h4-6H,3,7H2,1-2H3. The van der Waals surface area contributed by atoms with Gasteiger partial charge in [-0.1, -0.05) is 13.0 Å². The van der Waals surface area contributed by atoms with Crippen LogP contribution in [0.5, 0.6) is 5.75 Å². The maximum absolute atomic E-state index is 13.7. The molecule has 0 saturated carbocycles. The van der Waals surface area contributed by atoms with Crippen LogP contribution in [0, 0.1) is 15.9 Å². The largest absolute Gasteiger partial charge is 0.478 e. The number of hydrogen-bond acceptors (Lipinski definition) is 4. The Kier molecular flexibility index (Phi) is 4.56. The van der Waals surface area contributed by atoms with Crippen molar-refractivity contribution in [3.05, 3.63) is 50.0 Å². The summed E-state index contributed by atoms with van der Waals surface area (Å²) in [5.74, 6) is -1.13. The topological polar surface area (TPSA) is 70.2 Å². The number of halogens is 2. The molecule has 0 fully saturated rings. The van der Waals surface area contributed by atoms with Gasteiger partial charge in [-0.05, 0) is 28.4 Å². The van der Waals surface area contributed by atoms with E-state index in [9.17, 15) is 14.5 Å². The summed E-state index contributed by atoms with van der Waals surface area (Å²) >= 11 is 3.41. The molecule has 0 amide bonds. The number of nitro groups is 1. The lowest BCUT2D eigenvalue weighted by Gasteiger charge is -2.08. The van der Waals surface area contributed by atoms with Crippen LogP contribution in [0.1, 0.15) is 18.3 Å². The van der Waals surface area contributed by atoms with Gasteiger partial charge in [0.2, 0.25) is 5.75 Å². The molecule has 21 heavy (non-hydrogen) atoms. The number of hydrogen-bond donors (Lipinski definition) is 0. The zero-order chi connectivity index (χ0) is 15.6. The minimum atomic E-state index is -0.766. The molecule has 2 rings (SSSR count). The summed E-state index contributed by atoms with van der Waals surface area (Å²) in [5.41, 5.74) is 1.13. The third-order valence-corrected chi connectivity index (χ3v) is 3.91. The van der Waals surface area contributed by atoms with Crippen molar-refractivity contribution in [2.24, 2.45) is 7.05 Å². The maximum atomic E-state index is 13.7. The third kappa shape index (κ3) is 3.05. The van der Waals surface area contributed by atoms with E-state index >= 15 is 0 Å². The van der Waals surface area contributed by atoms with Crippen LogP contribution >= 0.6 is 15.9 Å². The summed E-state index contributed by atoms with van der Waals surface area (Å²) < 4.78 is 21.4. The lowest BCUT2D eigenvalue weighted by atomic mass is 10.3. The van der Waals surface area contributed by atoms with E-state index in [1.165, 1.54) is 12.1 Å². The fraction of sp³-hybridized carbons (Fsp3) is 0.308. The Morgan fingerprint density at radius 2 is 2.24 bits per heavy atom. The fourth-order valence-corrected chi connectivity index (χ4v) is 2.63.